The third kappa shape index (κ3) is 7.00. The molecule has 0 N–H and O–H groups in total. The average Bonchev–Trinajstić information content (AvgIpc) is 3.82. The summed E-state index contributed by atoms with van der Waals surface area (Å²) in [5.74, 6) is 0.464. The van der Waals surface area contributed by atoms with E-state index in [1.54, 1.807) is 12.3 Å². The van der Waals surface area contributed by atoms with E-state index in [1.807, 2.05) is 47.5 Å². The van der Waals surface area contributed by atoms with Gasteiger partial charge >= 0.3 is 0 Å². The Bertz CT molecular complexity index is 2130. The first kappa shape index (κ1) is 34.0. The number of benzene rings is 4. The molecule has 10 heteroatoms. The second kappa shape index (κ2) is 15.1. The molecule has 0 spiro atoms. The Hall–Kier alpha value is -5.31. The van der Waals surface area contributed by atoms with Crippen molar-refractivity contribution in [2.45, 2.75) is 27.7 Å². The summed E-state index contributed by atoms with van der Waals surface area (Å²) in [5.41, 5.74) is 7.66. The fourth-order valence-electron chi connectivity index (χ4n) is 5.25. The van der Waals surface area contributed by atoms with Gasteiger partial charge < -0.3 is 23.4 Å². The molecule has 0 atom stereocenters. The van der Waals surface area contributed by atoms with Crippen LogP contribution < -0.4 is 14.2 Å². The predicted molar refractivity (Wildman–Crippen MR) is 180 cm³/mol. The van der Waals surface area contributed by atoms with Gasteiger partial charge in [-0.15, -0.1) is 33.7 Å². The van der Waals surface area contributed by atoms with Gasteiger partial charge in [0.05, 0.1) is 25.6 Å². The maximum atomic E-state index is 4.02. The van der Waals surface area contributed by atoms with Crippen LogP contribution in [0.25, 0.3) is 44.4 Å². The van der Waals surface area contributed by atoms with Gasteiger partial charge in [-0.1, -0.05) is 53.8 Å². The van der Waals surface area contributed by atoms with Crippen LogP contribution in [0.5, 0.6) is 0 Å². The molecule has 8 rings (SSSR count). The van der Waals surface area contributed by atoms with Crippen LogP contribution in [0.15, 0.2) is 97.2 Å². The number of nitrogens with zero attached hydrogens (tertiary/aromatic N) is 9. The topological polar surface area (TPSA) is 83.3 Å². The Morgan fingerprint density at radius 1 is 0.646 bits per heavy atom. The molecule has 0 fully saturated rings. The third-order valence-electron chi connectivity index (χ3n) is 8.28. The molecule has 0 aliphatic carbocycles. The molecule has 9 nitrogen and oxygen atoms in total. The zero-order valence-corrected chi connectivity index (χ0v) is 30.0. The Morgan fingerprint density at radius 3 is 1.56 bits per heavy atom. The molecule has 4 aromatic carbocycles. The second-order valence-corrected chi connectivity index (χ2v) is 11.1. The number of pyridine rings is 1. The van der Waals surface area contributed by atoms with Gasteiger partial charge in [-0.05, 0) is 39.8 Å². The summed E-state index contributed by atoms with van der Waals surface area (Å²) in [6.45, 7) is 8.43. The minimum absolute atomic E-state index is 0. The van der Waals surface area contributed by atoms with Crippen LogP contribution in [0, 0.1) is 52.5 Å². The number of tetrazole rings is 1. The van der Waals surface area contributed by atoms with Gasteiger partial charge in [-0.25, -0.2) is 0 Å². The van der Waals surface area contributed by atoms with Crippen molar-refractivity contribution in [3.8, 4) is 22.9 Å². The second-order valence-electron chi connectivity index (χ2n) is 11.1. The van der Waals surface area contributed by atoms with E-state index in [0.717, 1.165) is 11.4 Å². The maximum absolute atomic E-state index is 4.02. The number of hydrogen-bond acceptors (Lipinski definition) is 4. The molecule has 243 valence electrons. The van der Waals surface area contributed by atoms with Crippen LogP contribution in [0.2, 0.25) is 0 Å². The van der Waals surface area contributed by atoms with Gasteiger partial charge in [-0.2, -0.15) is 41.6 Å². The Kier molecular flexibility index (Phi) is 10.7. The van der Waals surface area contributed by atoms with Gasteiger partial charge in [0.1, 0.15) is 0 Å². The van der Waals surface area contributed by atoms with E-state index in [0.29, 0.717) is 11.5 Å². The number of rotatable bonds is 3. The van der Waals surface area contributed by atoms with E-state index in [9.17, 15) is 0 Å². The molecule has 1 radical (unpaired) electrons. The van der Waals surface area contributed by atoms with E-state index >= 15 is 0 Å². The number of aromatic nitrogens is 9. The molecular weight excluding hydrogens is 775 g/mol. The van der Waals surface area contributed by atoms with E-state index in [1.165, 1.54) is 44.3 Å². The van der Waals surface area contributed by atoms with Crippen LogP contribution in [0.3, 0.4) is 0 Å². The molecular formula is C38H34IrN9-3. The van der Waals surface area contributed by atoms with E-state index in [4.69, 9.17) is 0 Å². The number of aryl methyl sites for hydroxylation is 2. The van der Waals surface area contributed by atoms with E-state index in [-0.39, 0.29) is 20.1 Å². The zero-order valence-electron chi connectivity index (χ0n) is 27.6. The van der Waals surface area contributed by atoms with Crippen molar-refractivity contribution in [2.24, 2.45) is 14.1 Å². The molecule has 0 saturated carbocycles. The molecule has 48 heavy (non-hydrogen) atoms. The predicted octanol–water partition coefficient (Wildman–Crippen LogP) is 5.23. The van der Waals surface area contributed by atoms with Crippen molar-refractivity contribution in [3.05, 3.63) is 145 Å². The van der Waals surface area contributed by atoms with Crippen LogP contribution >= 0.6 is 0 Å². The van der Waals surface area contributed by atoms with E-state index in [2.05, 4.69) is 148 Å². The third-order valence-corrected chi connectivity index (χ3v) is 8.28. The quantitative estimate of drug-likeness (QED) is 0.181. The molecule has 0 saturated heterocycles. The fraction of sp³-hybridized carbons (Fsp3) is 0.158. The van der Waals surface area contributed by atoms with Crippen LogP contribution in [-0.4, -0.2) is 29.6 Å². The summed E-state index contributed by atoms with van der Waals surface area (Å²) in [7, 11) is 4.04. The fourth-order valence-corrected chi connectivity index (χ4v) is 5.25. The Morgan fingerprint density at radius 2 is 1.15 bits per heavy atom. The van der Waals surface area contributed by atoms with Crippen molar-refractivity contribution in [1.29, 1.82) is 0 Å². The van der Waals surface area contributed by atoms with Gasteiger partial charge in [0.2, 0.25) is 12.7 Å². The summed E-state index contributed by atoms with van der Waals surface area (Å²) >= 11 is 0. The minimum atomic E-state index is 0. The van der Waals surface area contributed by atoms with E-state index < -0.39 is 0 Å². The van der Waals surface area contributed by atoms with Crippen molar-refractivity contribution in [1.82, 2.24) is 34.7 Å². The molecule has 4 heterocycles. The largest absolute Gasteiger partial charge is 0.345 e. The maximum Gasteiger partial charge on any atom is 0.241 e. The zero-order chi connectivity index (χ0) is 32.9. The Balaban J connectivity index is 0.000000144. The van der Waals surface area contributed by atoms with Crippen LogP contribution in [-0.2, 0) is 34.2 Å². The Labute approximate surface area is 293 Å². The summed E-state index contributed by atoms with van der Waals surface area (Å²) < 4.78 is 8.20. The minimum Gasteiger partial charge on any atom is -0.345 e. The molecule has 0 unspecified atom stereocenters. The molecule has 0 bridgehead atoms. The van der Waals surface area contributed by atoms with Crippen LogP contribution in [0.1, 0.15) is 22.8 Å². The smallest absolute Gasteiger partial charge is 0.241 e. The molecule has 0 aliphatic rings. The molecule has 8 aromatic rings. The van der Waals surface area contributed by atoms with Crippen LogP contribution in [0.4, 0.5) is 0 Å². The first-order valence-electron chi connectivity index (χ1n) is 15.2. The summed E-state index contributed by atoms with van der Waals surface area (Å²) in [6.07, 6.45) is 8.32. The SMILES string of the molecule is Cc1c(C)[n+](C)[c-]n1-c1[c-]ccc2ccccc12.Cc1c(C)[n+](C)[c-]n1-c1[c-]ccc2ccccc12.[Ir].c1ccc(-c2nnn[n-]2)nc1. The van der Waals surface area contributed by atoms with Gasteiger partial charge in [0.25, 0.3) is 0 Å². The molecule has 4 aromatic heterocycles. The van der Waals surface area contributed by atoms with Gasteiger partial charge in [0, 0.05) is 49.1 Å². The summed E-state index contributed by atoms with van der Waals surface area (Å²) in [6, 6.07) is 37.0. The van der Waals surface area contributed by atoms with Gasteiger partial charge in [0.15, 0.2) is 0 Å². The standard InChI is InChI=1S/2C16H15N2.C6H4N5.Ir/c2*1-12-13(2)18(11-17(12)3)16-10-6-8-14-7-4-5-9-15(14)16;1-2-4-7-5(3-1)6-8-10-11-9-6;/h2*4-9H,1-3H3;1-4H;/q3*-1;. The monoisotopic (exact) mass is 809 g/mol. The first-order chi connectivity index (χ1) is 22.8. The molecule has 0 aliphatic heterocycles. The number of hydrogen-bond donors (Lipinski definition) is 0. The average molecular weight is 809 g/mol. The first-order valence-corrected chi connectivity index (χ1v) is 15.2. The summed E-state index contributed by atoms with van der Waals surface area (Å²) in [4.78, 5) is 4.02. The summed E-state index contributed by atoms with van der Waals surface area (Å²) in [5, 5.41) is 18.9. The normalized spacial score (nSPS) is 10.5. The molecule has 0 amide bonds. The van der Waals surface area contributed by atoms with Crippen molar-refractivity contribution >= 4 is 21.5 Å². The number of imidazole rings is 2. The van der Waals surface area contributed by atoms with Gasteiger partial charge in [-0.3, -0.25) is 15.3 Å². The number of fused-ring (bicyclic) bond motifs is 2. The van der Waals surface area contributed by atoms with Crippen molar-refractivity contribution in [3.63, 3.8) is 0 Å². The van der Waals surface area contributed by atoms with Crippen molar-refractivity contribution < 1.29 is 29.2 Å². The van der Waals surface area contributed by atoms with Crippen molar-refractivity contribution in [2.75, 3.05) is 0 Å².